The van der Waals surface area contributed by atoms with E-state index in [2.05, 4.69) is 13.8 Å². The van der Waals surface area contributed by atoms with E-state index in [0.717, 1.165) is 70.6 Å². The molecule has 0 aliphatic heterocycles. The number of sulfonamides is 1. The standard InChI is InChI=1S/C28H43NO4S/c1-27(2)21-16-17-28(27,26(18-21)33-25-15-9-14-24(30)19-25)20-34(31,32)29(22-10-5-3-6-11-22)23-12-7-4-8-13-23/h9,14-15,19,21-23,26,30H,3-8,10-13,16-18,20H2,1-2H3. The van der Waals surface area contributed by atoms with Gasteiger partial charge in [0.05, 0.1) is 5.75 Å². The number of fused-ring (bicyclic) bond motifs is 2. The van der Waals surface area contributed by atoms with Crippen molar-refractivity contribution in [3.63, 3.8) is 0 Å². The lowest BCUT2D eigenvalue weighted by Gasteiger charge is -2.46. The molecule has 0 aromatic heterocycles. The summed E-state index contributed by atoms with van der Waals surface area (Å²) < 4.78 is 37.4. The Kier molecular flexibility index (Phi) is 6.69. The fourth-order valence-corrected chi connectivity index (χ4v) is 10.9. The first kappa shape index (κ1) is 24.4. The van der Waals surface area contributed by atoms with E-state index in [1.54, 1.807) is 18.2 Å². The van der Waals surface area contributed by atoms with Crippen LogP contribution in [0.3, 0.4) is 0 Å². The number of hydrogen-bond donors (Lipinski definition) is 1. The van der Waals surface area contributed by atoms with Crippen LogP contribution in [-0.4, -0.2) is 41.8 Å². The van der Waals surface area contributed by atoms with E-state index in [4.69, 9.17) is 4.74 Å². The molecule has 0 saturated heterocycles. The highest BCUT2D eigenvalue weighted by atomic mass is 32.2. The van der Waals surface area contributed by atoms with Crippen LogP contribution < -0.4 is 4.74 Å². The molecule has 3 atom stereocenters. The van der Waals surface area contributed by atoms with Crippen LogP contribution in [-0.2, 0) is 10.0 Å². The Morgan fingerprint density at radius 2 is 1.59 bits per heavy atom. The van der Waals surface area contributed by atoms with E-state index < -0.39 is 15.4 Å². The predicted molar refractivity (Wildman–Crippen MR) is 135 cm³/mol. The molecule has 0 radical (unpaired) electrons. The third-order valence-electron chi connectivity index (χ3n) is 10.1. The summed E-state index contributed by atoms with van der Waals surface area (Å²) in [7, 11) is -3.45. The van der Waals surface area contributed by atoms with Gasteiger partial charge in [-0.3, -0.25) is 0 Å². The maximum absolute atomic E-state index is 14.4. The van der Waals surface area contributed by atoms with Gasteiger partial charge in [-0.05, 0) is 68.4 Å². The molecule has 2 bridgehead atoms. The second-order valence-electron chi connectivity index (χ2n) is 12.1. The third kappa shape index (κ3) is 4.27. The Hall–Kier alpha value is -1.27. The fraction of sp³-hybridized carbons (Fsp3) is 0.786. The lowest BCUT2D eigenvalue weighted by molar-refractivity contribution is 0.0307. The van der Waals surface area contributed by atoms with Crippen molar-refractivity contribution in [3.05, 3.63) is 24.3 Å². The molecule has 0 heterocycles. The van der Waals surface area contributed by atoms with Crippen molar-refractivity contribution in [2.24, 2.45) is 16.7 Å². The maximum atomic E-state index is 14.4. The Labute approximate surface area is 206 Å². The molecule has 34 heavy (non-hydrogen) atoms. The molecule has 4 aliphatic carbocycles. The minimum Gasteiger partial charge on any atom is -0.508 e. The lowest BCUT2D eigenvalue weighted by Crippen LogP contribution is -2.55. The first-order valence-corrected chi connectivity index (χ1v) is 15.3. The molecule has 0 amide bonds. The van der Waals surface area contributed by atoms with Crippen molar-refractivity contribution >= 4 is 10.0 Å². The summed E-state index contributed by atoms with van der Waals surface area (Å²) in [5, 5.41) is 9.95. The highest BCUT2D eigenvalue weighted by molar-refractivity contribution is 7.89. The zero-order valence-corrected chi connectivity index (χ0v) is 21.9. The normalized spacial score (nSPS) is 32.3. The second-order valence-corrected chi connectivity index (χ2v) is 14.0. The minimum absolute atomic E-state index is 0.0909. The molecule has 1 N–H and O–H groups in total. The molecule has 1 aromatic rings. The number of aromatic hydroxyl groups is 1. The van der Waals surface area contributed by atoms with Gasteiger partial charge in [0, 0.05) is 23.6 Å². The summed E-state index contributed by atoms with van der Waals surface area (Å²) in [6.07, 6.45) is 13.8. The van der Waals surface area contributed by atoms with E-state index >= 15 is 0 Å². The van der Waals surface area contributed by atoms with Crippen LogP contribution in [0.1, 0.15) is 97.3 Å². The van der Waals surface area contributed by atoms with Crippen molar-refractivity contribution in [1.29, 1.82) is 0 Å². The first-order valence-electron chi connectivity index (χ1n) is 13.7. The molecular weight excluding hydrogens is 446 g/mol. The van der Waals surface area contributed by atoms with Crippen LogP contribution in [0.2, 0.25) is 0 Å². The summed E-state index contributed by atoms with van der Waals surface area (Å²) in [6, 6.07) is 7.30. The van der Waals surface area contributed by atoms with Crippen molar-refractivity contribution in [1.82, 2.24) is 4.31 Å². The van der Waals surface area contributed by atoms with E-state index in [9.17, 15) is 13.5 Å². The third-order valence-corrected chi connectivity index (χ3v) is 12.2. The summed E-state index contributed by atoms with van der Waals surface area (Å²) in [4.78, 5) is 0. The van der Waals surface area contributed by atoms with Crippen LogP contribution in [0.5, 0.6) is 11.5 Å². The number of hydrogen-bond acceptors (Lipinski definition) is 4. The van der Waals surface area contributed by atoms with Crippen LogP contribution in [0.25, 0.3) is 0 Å². The number of phenols is 1. The monoisotopic (exact) mass is 489 g/mol. The Morgan fingerprint density at radius 3 is 2.15 bits per heavy atom. The molecule has 4 saturated carbocycles. The van der Waals surface area contributed by atoms with Crippen LogP contribution >= 0.6 is 0 Å². The number of benzene rings is 1. The SMILES string of the molecule is CC1(C)C2CCC1(CS(=O)(=O)N(C1CCCCC1)C1CCCCC1)C(Oc1cccc(O)c1)C2. The van der Waals surface area contributed by atoms with Gasteiger partial charge in [0.2, 0.25) is 10.0 Å². The van der Waals surface area contributed by atoms with Crippen LogP contribution in [0.15, 0.2) is 24.3 Å². The summed E-state index contributed by atoms with van der Waals surface area (Å²) in [6.45, 7) is 4.55. The zero-order valence-electron chi connectivity index (χ0n) is 21.0. The zero-order chi connectivity index (χ0) is 24.0. The molecule has 190 valence electrons. The summed E-state index contributed by atoms with van der Waals surface area (Å²) >= 11 is 0. The number of rotatable bonds is 7. The predicted octanol–water partition coefficient (Wildman–Crippen LogP) is 6.26. The molecule has 5 rings (SSSR count). The Bertz CT molecular complexity index is 946. The number of ether oxygens (including phenoxy) is 1. The quantitative estimate of drug-likeness (QED) is 0.491. The van der Waals surface area contributed by atoms with Gasteiger partial charge in [0.15, 0.2) is 0 Å². The van der Waals surface area contributed by atoms with Gasteiger partial charge >= 0.3 is 0 Å². The lowest BCUT2D eigenvalue weighted by atomic mass is 9.69. The van der Waals surface area contributed by atoms with Gasteiger partial charge in [-0.15, -0.1) is 0 Å². The van der Waals surface area contributed by atoms with Gasteiger partial charge in [-0.1, -0.05) is 58.4 Å². The van der Waals surface area contributed by atoms with Crippen molar-refractivity contribution < 1.29 is 18.3 Å². The average molecular weight is 490 g/mol. The Balaban J connectivity index is 1.46. The van der Waals surface area contributed by atoms with Gasteiger partial charge in [0.1, 0.15) is 17.6 Å². The largest absolute Gasteiger partial charge is 0.508 e. The second kappa shape index (κ2) is 9.31. The molecular formula is C28H43NO4S. The average Bonchev–Trinajstić information content (AvgIpc) is 3.15. The topological polar surface area (TPSA) is 66.8 Å². The van der Waals surface area contributed by atoms with Gasteiger partial charge in [0.25, 0.3) is 0 Å². The van der Waals surface area contributed by atoms with Gasteiger partial charge in [-0.25, -0.2) is 8.42 Å². The van der Waals surface area contributed by atoms with E-state index in [1.165, 1.54) is 12.8 Å². The Morgan fingerprint density at radius 1 is 0.971 bits per heavy atom. The summed E-state index contributed by atoms with van der Waals surface area (Å²) in [5.41, 5.74) is -0.490. The van der Waals surface area contributed by atoms with E-state index in [0.29, 0.717) is 11.7 Å². The summed E-state index contributed by atoms with van der Waals surface area (Å²) in [5.74, 6) is 1.49. The number of nitrogens with zero attached hydrogens (tertiary/aromatic N) is 1. The van der Waals surface area contributed by atoms with Gasteiger partial charge < -0.3 is 9.84 Å². The van der Waals surface area contributed by atoms with Crippen molar-refractivity contribution in [2.75, 3.05) is 5.75 Å². The highest BCUT2D eigenvalue weighted by Gasteiger charge is 2.67. The fourth-order valence-electron chi connectivity index (χ4n) is 8.05. The maximum Gasteiger partial charge on any atom is 0.215 e. The highest BCUT2D eigenvalue weighted by Crippen LogP contribution is 2.67. The first-order chi connectivity index (χ1) is 16.2. The molecule has 6 heteroatoms. The number of phenolic OH excluding ortho intramolecular Hbond substituents is 1. The van der Waals surface area contributed by atoms with E-state index in [1.807, 2.05) is 10.4 Å². The van der Waals surface area contributed by atoms with Crippen LogP contribution in [0, 0.1) is 16.7 Å². The van der Waals surface area contributed by atoms with Crippen molar-refractivity contribution in [2.45, 2.75) is 116 Å². The minimum atomic E-state index is -3.45. The van der Waals surface area contributed by atoms with Gasteiger partial charge in [-0.2, -0.15) is 4.31 Å². The van der Waals surface area contributed by atoms with Crippen molar-refractivity contribution in [3.8, 4) is 11.5 Å². The molecule has 4 fully saturated rings. The molecule has 5 nitrogen and oxygen atoms in total. The smallest absolute Gasteiger partial charge is 0.215 e. The molecule has 3 unspecified atom stereocenters. The molecule has 1 aromatic carbocycles. The van der Waals surface area contributed by atoms with Crippen LogP contribution in [0.4, 0.5) is 0 Å². The molecule has 0 spiro atoms. The molecule has 4 aliphatic rings. The van der Waals surface area contributed by atoms with E-state index in [-0.39, 0.29) is 35.1 Å².